The van der Waals surface area contributed by atoms with E-state index in [0.29, 0.717) is 22.5 Å². The molecule has 8 nitrogen and oxygen atoms in total. The minimum Gasteiger partial charge on any atom is -0.326 e. The van der Waals surface area contributed by atoms with E-state index < -0.39 is 21.8 Å². The molecule has 0 radical (unpaired) electrons. The number of carbonyl (C=O) groups is 2. The predicted molar refractivity (Wildman–Crippen MR) is 116 cm³/mol. The molecule has 0 spiro atoms. The SMILES string of the molecule is CC(=O)Nc1ccc(S(=O)(=O)Nc2ccc(C(C(=O)NO)c3ccccc3)cc2)cc1. The summed E-state index contributed by atoms with van der Waals surface area (Å²) in [7, 11) is -3.85. The lowest BCUT2D eigenvalue weighted by atomic mass is 9.90. The Hall–Kier alpha value is -3.69. The smallest absolute Gasteiger partial charge is 0.261 e. The normalized spacial score (nSPS) is 11.9. The van der Waals surface area contributed by atoms with Crippen LogP contribution in [0.5, 0.6) is 0 Å². The van der Waals surface area contributed by atoms with E-state index in [9.17, 15) is 18.0 Å². The summed E-state index contributed by atoms with van der Waals surface area (Å²) < 4.78 is 27.7. The van der Waals surface area contributed by atoms with Gasteiger partial charge in [-0.1, -0.05) is 42.5 Å². The fourth-order valence-corrected chi connectivity index (χ4v) is 4.14. The fourth-order valence-electron chi connectivity index (χ4n) is 3.08. The van der Waals surface area contributed by atoms with Gasteiger partial charge in [0.1, 0.15) is 0 Å². The largest absolute Gasteiger partial charge is 0.326 e. The molecule has 0 aromatic heterocycles. The Morgan fingerprint density at radius 1 is 0.806 bits per heavy atom. The van der Waals surface area contributed by atoms with Crippen LogP contribution in [0.3, 0.4) is 0 Å². The topological polar surface area (TPSA) is 125 Å². The first-order valence-electron chi connectivity index (χ1n) is 9.29. The first-order valence-corrected chi connectivity index (χ1v) is 10.8. The molecule has 3 aromatic rings. The molecule has 0 saturated heterocycles. The molecular formula is C22H21N3O5S. The summed E-state index contributed by atoms with van der Waals surface area (Å²) >= 11 is 0. The van der Waals surface area contributed by atoms with E-state index in [1.807, 2.05) is 6.07 Å². The zero-order valence-electron chi connectivity index (χ0n) is 16.6. The van der Waals surface area contributed by atoms with Crippen molar-refractivity contribution in [2.24, 2.45) is 0 Å². The van der Waals surface area contributed by atoms with Gasteiger partial charge in [0.15, 0.2) is 0 Å². The van der Waals surface area contributed by atoms with Crippen LogP contribution in [0.15, 0.2) is 83.8 Å². The summed E-state index contributed by atoms with van der Waals surface area (Å²) in [5, 5.41) is 11.7. The molecule has 3 aromatic carbocycles. The first kappa shape index (κ1) is 22.0. The summed E-state index contributed by atoms with van der Waals surface area (Å²) in [6, 6.07) is 21.0. The molecule has 0 aliphatic carbocycles. The van der Waals surface area contributed by atoms with Crippen LogP contribution >= 0.6 is 0 Å². The Kier molecular flexibility index (Phi) is 6.68. The second kappa shape index (κ2) is 9.41. The van der Waals surface area contributed by atoms with Crippen LogP contribution < -0.4 is 15.5 Å². The summed E-state index contributed by atoms with van der Waals surface area (Å²) in [5.74, 6) is -1.60. The van der Waals surface area contributed by atoms with Gasteiger partial charge in [0.25, 0.3) is 15.9 Å². The summed E-state index contributed by atoms with van der Waals surface area (Å²) in [6.45, 7) is 1.36. The zero-order chi connectivity index (χ0) is 22.4. The van der Waals surface area contributed by atoms with Gasteiger partial charge in [0, 0.05) is 18.3 Å². The highest BCUT2D eigenvalue weighted by atomic mass is 32.2. The van der Waals surface area contributed by atoms with Gasteiger partial charge in [-0.15, -0.1) is 0 Å². The number of sulfonamides is 1. The molecule has 0 saturated carbocycles. The quantitative estimate of drug-likeness (QED) is 0.333. The summed E-state index contributed by atoms with van der Waals surface area (Å²) in [5.41, 5.74) is 3.74. The van der Waals surface area contributed by atoms with Crippen LogP contribution in [0, 0.1) is 0 Å². The second-order valence-corrected chi connectivity index (χ2v) is 8.44. The van der Waals surface area contributed by atoms with Gasteiger partial charge in [-0.05, 0) is 47.5 Å². The van der Waals surface area contributed by atoms with Crippen molar-refractivity contribution in [3.05, 3.63) is 90.0 Å². The molecule has 1 unspecified atom stereocenters. The number of carbonyl (C=O) groups excluding carboxylic acids is 2. The molecule has 0 fully saturated rings. The van der Waals surface area contributed by atoms with Crippen LogP contribution in [0.25, 0.3) is 0 Å². The molecule has 0 aliphatic heterocycles. The molecule has 9 heteroatoms. The van der Waals surface area contributed by atoms with E-state index in [1.165, 1.54) is 31.2 Å². The van der Waals surface area contributed by atoms with Crippen molar-refractivity contribution in [1.29, 1.82) is 0 Å². The minimum absolute atomic E-state index is 0.0347. The van der Waals surface area contributed by atoms with Gasteiger partial charge in [0.2, 0.25) is 5.91 Å². The van der Waals surface area contributed by atoms with Crippen molar-refractivity contribution in [3.63, 3.8) is 0 Å². The van der Waals surface area contributed by atoms with Gasteiger partial charge in [0.05, 0.1) is 10.8 Å². The van der Waals surface area contributed by atoms with Gasteiger partial charge in [-0.25, -0.2) is 13.9 Å². The lowest BCUT2D eigenvalue weighted by Gasteiger charge is -2.16. The number of hydrogen-bond acceptors (Lipinski definition) is 5. The molecule has 2 amide bonds. The molecule has 4 N–H and O–H groups in total. The van der Waals surface area contributed by atoms with Crippen molar-refractivity contribution in [3.8, 4) is 0 Å². The third-order valence-corrected chi connectivity index (χ3v) is 5.88. The van der Waals surface area contributed by atoms with Crippen molar-refractivity contribution in [2.45, 2.75) is 17.7 Å². The average molecular weight is 439 g/mol. The molecule has 31 heavy (non-hydrogen) atoms. The molecule has 160 valence electrons. The van der Waals surface area contributed by atoms with Crippen LogP contribution in [-0.2, 0) is 19.6 Å². The van der Waals surface area contributed by atoms with Crippen molar-refractivity contribution < 1.29 is 23.2 Å². The van der Waals surface area contributed by atoms with Crippen molar-refractivity contribution >= 4 is 33.2 Å². The molecule has 0 aliphatic rings. The minimum atomic E-state index is -3.85. The van der Waals surface area contributed by atoms with E-state index in [0.717, 1.165) is 0 Å². The lowest BCUT2D eigenvalue weighted by molar-refractivity contribution is -0.129. The highest BCUT2D eigenvalue weighted by Gasteiger charge is 2.22. The maximum absolute atomic E-state index is 12.6. The standard InChI is InChI=1S/C22H21N3O5S/c1-15(26)23-18-11-13-20(14-12-18)31(29,30)25-19-9-7-17(8-10-19)21(22(27)24-28)16-5-3-2-4-6-16/h2-14,21,25,28H,1H3,(H,23,26)(H,24,27). The zero-order valence-corrected chi connectivity index (χ0v) is 17.4. The Bertz CT molecular complexity index is 1160. The van der Waals surface area contributed by atoms with Crippen LogP contribution in [0.2, 0.25) is 0 Å². The fraction of sp³-hybridized carbons (Fsp3) is 0.0909. The van der Waals surface area contributed by atoms with Crippen LogP contribution in [0.4, 0.5) is 11.4 Å². The number of amides is 2. The molecule has 0 bridgehead atoms. The van der Waals surface area contributed by atoms with E-state index in [1.54, 1.807) is 54.0 Å². The Morgan fingerprint density at radius 2 is 1.35 bits per heavy atom. The Morgan fingerprint density at radius 3 is 1.90 bits per heavy atom. The molecule has 1 atom stereocenters. The van der Waals surface area contributed by atoms with Crippen LogP contribution in [0.1, 0.15) is 24.0 Å². The number of benzene rings is 3. The lowest BCUT2D eigenvalue weighted by Crippen LogP contribution is -2.27. The van der Waals surface area contributed by atoms with Crippen molar-refractivity contribution in [2.75, 3.05) is 10.0 Å². The highest BCUT2D eigenvalue weighted by molar-refractivity contribution is 7.92. The Balaban J connectivity index is 1.80. The Labute approximate surface area is 179 Å². The number of hydroxylamine groups is 1. The summed E-state index contributed by atoms with van der Waals surface area (Å²) in [4.78, 5) is 23.3. The van der Waals surface area contributed by atoms with Gasteiger partial charge < -0.3 is 5.32 Å². The third kappa shape index (κ3) is 5.47. The highest BCUT2D eigenvalue weighted by Crippen LogP contribution is 2.27. The van der Waals surface area contributed by atoms with E-state index in [-0.39, 0.29) is 10.8 Å². The van der Waals surface area contributed by atoms with Gasteiger partial charge >= 0.3 is 0 Å². The van der Waals surface area contributed by atoms with Crippen molar-refractivity contribution in [1.82, 2.24) is 5.48 Å². The molecule has 3 rings (SSSR count). The second-order valence-electron chi connectivity index (χ2n) is 6.75. The number of anilines is 2. The monoisotopic (exact) mass is 439 g/mol. The van der Waals surface area contributed by atoms with Gasteiger partial charge in [-0.2, -0.15) is 0 Å². The number of hydrogen-bond donors (Lipinski definition) is 4. The van der Waals surface area contributed by atoms with E-state index in [4.69, 9.17) is 5.21 Å². The van der Waals surface area contributed by atoms with E-state index in [2.05, 4.69) is 10.0 Å². The third-order valence-electron chi connectivity index (χ3n) is 4.49. The number of rotatable bonds is 7. The summed E-state index contributed by atoms with van der Waals surface area (Å²) in [6.07, 6.45) is 0. The predicted octanol–water partition coefficient (Wildman–Crippen LogP) is 3.08. The maximum Gasteiger partial charge on any atom is 0.261 e. The first-order chi connectivity index (χ1) is 14.8. The maximum atomic E-state index is 12.6. The van der Waals surface area contributed by atoms with Crippen LogP contribution in [-0.4, -0.2) is 25.4 Å². The van der Waals surface area contributed by atoms with E-state index >= 15 is 0 Å². The molecule has 0 heterocycles. The molecular weight excluding hydrogens is 418 g/mol. The number of nitrogens with one attached hydrogen (secondary N) is 3. The van der Waals surface area contributed by atoms with Gasteiger partial charge in [-0.3, -0.25) is 19.5 Å². The average Bonchev–Trinajstić information content (AvgIpc) is 2.75.